The van der Waals surface area contributed by atoms with Crippen LogP contribution in [0.25, 0.3) is 0 Å². The zero-order valence-corrected chi connectivity index (χ0v) is 19.4. The molecule has 1 aliphatic carbocycles. The Morgan fingerprint density at radius 1 is 0.967 bits per heavy atom. The number of carbonyl (C=O) groups excluding carboxylic acids is 2. The number of amides is 2. The zero-order valence-electron chi connectivity index (χ0n) is 19.4. The van der Waals surface area contributed by atoms with Crippen LogP contribution in [0.3, 0.4) is 0 Å². The van der Waals surface area contributed by atoms with E-state index in [1.54, 1.807) is 0 Å². The molecule has 1 saturated carbocycles. The van der Waals surface area contributed by atoms with Crippen molar-refractivity contribution < 1.29 is 9.59 Å². The number of piperidine rings is 3. The van der Waals surface area contributed by atoms with E-state index in [0.717, 1.165) is 71.0 Å². The Kier molecular flexibility index (Phi) is 7.06. The first-order valence-corrected chi connectivity index (χ1v) is 12.8. The summed E-state index contributed by atoms with van der Waals surface area (Å²) in [6.45, 7) is 9.59. The van der Waals surface area contributed by atoms with Gasteiger partial charge in [-0.3, -0.25) is 9.59 Å². The molecular weight excluding hydrogens is 374 g/mol. The van der Waals surface area contributed by atoms with Gasteiger partial charge in [0.15, 0.2) is 0 Å². The summed E-state index contributed by atoms with van der Waals surface area (Å²) in [5.41, 5.74) is -0.304. The van der Waals surface area contributed by atoms with E-state index < -0.39 is 0 Å². The van der Waals surface area contributed by atoms with Gasteiger partial charge in [0.25, 0.3) is 0 Å². The molecule has 3 aliphatic heterocycles. The fraction of sp³-hybridized carbons (Fsp3) is 0.920. The largest absolute Gasteiger partial charge is 0.342 e. The highest BCUT2D eigenvalue weighted by atomic mass is 16.2. The molecule has 4 rings (SSSR count). The lowest BCUT2D eigenvalue weighted by molar-refractivity contribution is -0.163. The van der Waals surface area contributed by atoms with Crippen LogP contribution in [0.1, 0.15) is 90.9 Å². The van der Waals surface area contributed by atoms with Gasteiger partial charge in [-0.15, -0.1) is 0 Å². The minimum absolute atomic E-state index is 0.138. The van der Waals surface area contributed by atoms with Crippen LogP contribution in [0.5, 0.6) is 0 Å². The van der Waals surface area contributed by atoms with Crippen LogP contribution in [-0.2, 0) is 9.59 Å². The van der Waals surface area contributed by atoms with Crippen LogP contribution >= 0.6 is 0 Å². The average Bonchev–Trinajstić information content (AvgIpc) is 2.78. The molecule has 0 unspecified atom stereocenters. The van der Waals surface area contributed by atoms with Gasteiger partial charge >= 0.3 is 0 Å². The molecule has 0 spiro atoms. The Morgan fingerprint density at radius 3 is 2.40 bits per heavy atom. The topological polar surface area (TPSA) is 43.9 Å². The zero-order chi connectivity index (χ0) is 21.1. The number of fused-ring (bicyclic) bond motifs is 1. The first kappa shape index (κ1) is 22.1. The van der Waals surface area contributed by atoms with E-state index >= 15 is 0 Å². The van der Waals surface area contributed by atoms with Gasteiger partial charge in [0.2, 0.25) is 11.8 Å². The predicted molar refractivity (Wildman–Crippen MR) is 120 cm³/mol. The Hall–Kier alpha value is -1.10. The predicted octanol–water partition coefficient (Wildman–Crippen LogP) is 4.06. The van der Waals surface area contributed by atoms with E-state index in [4.69, 9.17) is 0 Å². The number of hydrogen-bond acceptors (Lipinski definition) is 3. The molecule has 0 N–H and O–H groups in total. The van der Waals surface area contributed by atoms with Crippen molar-refractivity contribution in [2.45, 2.75) is 103 Å². The van der Waals surface area contributed by atoms with Crippen molar-refractivity contribution in [3.05, 3.63) is 0 Å². The van der Waals surface area contributed by atoms with Gasteiger partial charge in [-0.25, -0.2) is 0 Å². The summed E-state index contributed by atoms with van der Waals surface area (Å²) in [7, 11) is 0. The fourth-order valence-electron chi connectivity index (χ4n) is 6.68. The van der Waals surface area contributed by atoms with E-state index in [1.807, 2.05) is 0 Å². The lowest BCUT2D eigenvalue weighted by atomic mass is 9.63. The average molecular weight is 418 g/mol. The van der Waals surface area contributed by atoms with Gasteiger partial charge in [-0.2, -0.15) is 0 Å². The Morgan fingerprint density at radius 2 is 1.70 bits per heavy atom. The van der Waals surface area contributed by atoms with Crippen molar-refractivity contribution in [1.29, 1.82) is 0 Å². The lowest BCUT2D eigenvalue weighted by Crippen LogP contribution is -2.63. The number of likely N-dealkylation sites (tertiary alicyclic amines) is 3. The summed E-state index contributed by atoms with van der Waals surface area (Å²) in [6, 6.07) is 0.808. The van der Waals surface area contributed by atoms with Gasteiger partial charge in [-0.05, 0) is 70.4 Å². The Balaban J connectivity index is 1.44. The molecule has 5 nitrogen and oxygen atoms in total. The summed E-state index contributed by atoms with van der Waals surface area (Å²) in [4.78, 5) is 33.8. The first-order chi connectivity index (χ1) is 14.5. The minimum atomic E-state index is -0.304. The highest BCUT2D eigenvalue weighted by Gasteiger charge is 2.54. The summed E-state index contributed by atoms with van der Waals surface area (Å²) in [5, 5.41) is 0. The number of carbonyl (C=O) groups is 2. The third-order valence-electron chi connectivity index (χ3n) is 8.50. The van der Waals surface area contributed by atoms with Gasteiger partial charge in [-0.1, -0.05) is 33.1 Å². The van der Waals surface area contributed by atoms with Crippen LogP contribution in [0.4, 0.5) is 0 Å². The highest BCUT2D eigenvalue weighted by molar-refractivity contribution is 5.88. The molecule has 2 amide bonds. The molecule has 4 fully saturated rings. The molecule has 0 bridgehead atoms. The molecule has 5 heteroatoms. The second-order valence-electron chi connectivity index (χ2n) is 10.8. The van der Waals surface area contributed by atoms with Gasteiger partial charge < -0.3 is 14.7 Å². The lowest BCUT2D eigenvalue weighted by Gasteiger charge is -2.53. The minimum Gasteiger partial charge on any atom is -0.342 e. The molecular formula is C25H43N3O2. The third-order valence-corrected chi connectivity index (χ3v) is 8.50. The van der Waals surface area contributed by atoms with Gasteiger partial charge in [0.05, 0.1) is 5.41 Å². The van der Waals surface area contributed by atoms with Gasteiger partial charge in [0, 0.05) is 38.1 Å². The van der Waals surface area contributed by atoms with Crippen molar-refractivity contribution in [3.8, 4) is 0 Å². The van der Waals surface area contributed by atoms with Crippen molar-refractivity contribution in [3.63, 3.8) is 0 Å². The maximum Gasteiger partial charge on any atom is 0.230 e. The second-order valence-corrected chi connectivity index (χ2v) is 10.8. The molecule has 2 atom stereocenters. The highest BCUT2D eigenvalue weighted by Crippen LogP contribution is 2.48. The van der Waals surface area contributed by atoms with E-state index in [9.17, 15) is 9.59 Å². The summed E-state index contributed by atoms with van der Waals surface area (Å²) in [5.74, 6) is 1.25. The van der Waals surface area contributed by atoms with Crippen molar-refractivity contribution in [1.82, 2.24) is 14.7 Å². The number of hydrogen-bond donors (Lipinski definition) is 0. The van der Waals surface area contributed by atoms with E-state index in [1.165, 1.54) is 32.4 Å². The molecule has 30 heavy (non-hydrogen) atoms. The Bertz CT molecular complexity index is 608. The van der Waals surface area contributed by atoms with Crippen LogP contribution in [0.15, 0.2) is 0 Å². The molecule has 3 saturated heterocycles. The normalized spacial score (nSPS) is 31.8. The van der Waals surface area contributed by atoms with Crippen molar-refractivity contribution >= 4 is 11.8 Å². The Labute approximate surface area is 183 Å². The molecule has 0 radical (unpaired) electrons. The monoisotopic (exact) mass is 417 g/mol. The van der Waals surface area contributed by atoms with Gasteiger partial charge in [0.1, 0.15) is 0 Å². The van der Waals surface area contributed by atoms with Crippen LogP contribution in [0.2, 0.25) is 0 Å². The second kappa shape index (κ2) is 9.58. The fourth-order valence-corrected chi connectivity index (χ4v) is 6.68. The quantitative estimate of drug-likeness (QED) is 0.677. The van der Waals surface area contributed by atoms with E-state index in [2.05, 4.69) is 28.5 Å². The maximum absolute atomic E-state index is 14.0. The molecule has 4 aliphatic rings. The summed E-state index contributed by atoms with van der Waals surface area (Å²) >= 11 is 0. The number of nitrogens with zero attached hydrogens (tertiary/aromatic N) is 3. The van der Waals surface area contributed by atoms with E-state index in [-0.39, 0.29) is 17.4 Å². The van der Waals surface area contributed by atoms with E-state index in [0.29, 0.717) is 24.3 Å². The third kappa shape index (κ3) is 4.42. The van der Waals surface area contributed by atoms with Crippen molar-refractivity contribution in [2.24, 2.45) is 11.3 Å². The van der Waals surface area contributed by atoms with Crippen LogP contribution < -0.4 is 0 Å². The SMILES string of the molecule is CC(C)CCN1C(=O)CC[C@]2(C(=O)N3CCC(N4CCCCC4)CC3)CCCC[C@@H]12. The maximum atomic E-state index is 14.0. The smallest absolute Gasteiger partial charge is 0.230 e. The molecule has 3 heterocycles. The summed E-state index contributed by atoms with van der Waals surface area (Å²) in [6.07, 6.45) is 13.0. The van der Waals surface area contributed by atoms with Crippen LogP contribution in [0, 0.1) is 11.3 Å². The number of rotatable bonds is 5. The summed E-state index contributed by atoms with van der Waals surface area (Å²) < 4.78 is 0. The standard InChI is InChI=1S/C25H43N3O2/c1-20(2)10-19-28-22-8-4-5-13-25(22,14-9-23(28)29)24(30)27-17-11-21(12-18-27)26-15-6-3-7-16-26/h20-22H,3-19H2,1-2H3/t22-,25-/m1/s1. The van der Waals surface area contributed by atoms with Crippen LogP contribution in [-0.4, -0.2) is 71.3 Å². The van der Waals surface area contributed by atoms with Crippen molar-refractivity contribution in [2.75, 3.05) is 32.7 Å². The molecule has 170 valence electrons. The first-order valence-electron chi connectivity index (χ1n) is 12.8. The molecule has 0 aromatic carbocycles. The molecule has 0 aromatic rings. The molecule has 0 aromatic heterocycles.